The van der Waals surface area contributed by atoms with E-state index in [-0.39, 0.29) is 9.72 Å². The Morgan fingerprint density at radius 1 is 1.00 bits per heavy atom. The molecule has 0 amide bonds. The molecule has 0 saturated heterocycles. The normalized spacial score (nSPS) is 13.2. The Balaban J connectivity index is 2.12. The van der Waals surface area contributed by atoms with Crippen LogP contribution >= 0.6 is 15.9 Å². The molecule has 2 aromatic rings. The quantitative estimate of drug-likeness (QED) is 0.870. The molecule has 0 aliphatic carbocycles. The van der Waals surface area contributed by atoms with Crippen LogP contribution in [0.3, 0.4) is 0 Å². The highest BCUT2D eigenvalue weighted by Crippen LogP contribution is 2.27. The molecule has 2 aromatic carbocycles. The zero-order chi connectivity index (χ0) is 13.9. The predicted molar refractivity (Wildman–Crippen MR) is 79.6 cm³/mol. The van der Waals surface area contributed by atoms with E-state index in [4.69, 9.17) is 5.14 Å². The predicted octanol–water partition coefficient (Wildman–Crippen LogP) is 3.01. The van der Waals surface area contributed by atoms with Crippen LogP contribution in [0.2, 0.25) is 0 Å². The summed E-state index contributed by atoms with van der Waals surface area (Å²) in [6, 6.07) is 16.7. The van der Waals surface area contributed by atoms with E-state index in [1.807, 2.05) is 18.2 Å². The number of alkyl halides is 1. The van der Waals surface area contributed by atoms with Crippen LogP contribution in [0.5, 0.6) is 0 Å². The molecule has 0 fully saturated rings. The molecule has 0 heterocycles. The Bertz CT molecular complexity index is 639. The fourth-order valence-corrected chi connectivity index (χ4v) is 3.00. The van der Waals surface area contributed by atoms with Gasteiger partial charge in [-0.15, -0.1) is 0 Å². The summed E-state index contributed by atoms with van der Waals surface area (Å²) < 4.78 is 22.3. The SMILES string of the molecule is NS(=O)(=O)c1ccc(CC(Br)c2ccccc2)cc1. The van der Waals surface area contributed by atoms with Crippen LogP contribution in [0.25, 0.3) is 0 Å². The average Bonchev–Trinajstić information content (AvgIpc) is 2.39. The van der Waals surface area contributed by atoms with Crippen molar-refractivity contribution < 1.29 is 8.42 Å². The van der Waals surface area contributed by atoms with Gasteiger partial charge in [0.05, 0.1) is 4.90 Å². The Kier molecular flexibility index (Phi) is 4.39. The largest absolute Gasteiger partial charge is 0.238 e. The zero-order valence-corrected chi connectivity index (χ0v) is 12.6. The fraction of sp³-hybridized carbons (Fsp3) is 0.143. The minimum absolute atomic E-state index is 0.141. The van der Waals surface area contributed by atoms with E-state index in [1.165, 1.54) is 17.7 Å². The van der Waals surface area contributed by atoms with Crippen molar-refractivity contribution in [2.24, 2.45) is 5.14 Å². The molecule has 5 heteroatoms. The van der Waals surface area contributed by atoms with Gasteiger partial charge in [-0.2, -0.15) is 0 Å². The maximum Gasteiger partial charge on any atom is 0.238 e. The van der Waals surface area contributed by atoms with Gasteiger partial charge in [0.15, 0.2) is 0 Å². The highest BCUT2D eigenvalue weighted by atomic mass is 79.9. The topological polar surface area (TPSA) is 60.2 Å². The first-order valence-corrected chi connectivity index (χ1v) is 8.24. The van der Waals surface area contributed by atoms with Gasteiger partial charge >= 0.3 is 0 Å². The average molecular weight is 340 g/mol. The molecule has 0 aromatic heterocycles. The first-order valence-electron chi connectivity index (χ1n) is 5.77. The summed E-state index contributed by atoms with van der Waals surface area (Å²) in [7, 11) is -3.61. The lowest BCUT2D eigenvalue weighted by Crippen LogP contribution is -2.11. The molecule has 1 atom stereocenters. The first-order chi connectivity index (χ1) is 8.97. The molecule has 100 valence electrons. The Hall–Kier alpha value is -1.17. The van der Waals surface area contributed by atoms with Crippen LogP contribution < -0.4 is 5.14 Å². The van der Waals surface area contributed by atoms with Crippen LogP contribution in [-0.2, 0) is 16.4 Å². The molecule has 0 aliphatic rings. The van der Waals surface area contributed by atoms with Gasteiger partial charge in [-0.3, -0.25) is 0 Å². The third kappa shape index (κ3) is 3.89. The molecule has 1 unspecified atom stereocenters. The van der Waals surface area contributed by atoms with Crippen molar-refractivity contribution in [3.05, 3.63) is 65.7 Å². The maximum absolute atomic E-state index is 11.2. The van der Waals surface area contributed by atoms with E-state index in [2.05, 4.69) is 28.1 Å². The maximum atomic E-state index is 11.2. The molecule has 19 heavy (non-hydrogen) atoms. The van der Waals surface area contributed by atoms with Crippen molar-refractivity contribution in [3.63, 3.8) is 0 Å². The van der Waals surface area contributed by atoms with Crippen molar-refractivity contribution in [1.29, 1.82) is 0 Å². The second-order valence-corrected chi connectivity index (χ2v) is 6.94. The number of nitrogens with two attached hydrogens (primary N) is 1. The van der Waals surface area contributed by atoms with E-state index in [9.17, 15) is 8.42 Å². The van der Waals surface area contributed by atoms with E-state index < -0.39 is 10.0 Å². The number of benzene rings is 2. The zero-order valence-electron chi connectivity index (χ0n) is 10.2. The van der Waals surface area contributed by atoms with Gasteiger partial charge in [0.2, 0.25) is 10.0 Å². The van der Waals surface area contributed by atoms with Crippen molar-refractivity contribution in [1.82, 2.24) is 0 Å². The van der Waals surface area contributed by atoms with Crippen LogP contribution in [0.15, 0.2) is 59.5 Å². The van der Waals surface area contributed by atoms with Gasteiger partial charge in [0, 0.05) is 4.83 Å². The second-order valence-electron chi connectivity index (χ2n) is 4.27. The number of hydrogen-bond acceptors (Lipinski definition) is 2. The number of halogens is 1. The molecule has 3 nitrogen and oxygen atoms in total. The van der Waals surface area contributed by atoms with E-state index >= 15 is 0 Å². The van der Waals surface area contributed by atoms with Gasteiger partial charge in [-0.25, -0.2) is 13.6 Å². The van der Waals surface area contributed by atoms with E-state index in [1.54, 1.807) is 12.1 Å². The second kappa shape index (κ2) is 5.86. The minimum Gasteiger partial charge on any atom is -0.225 e. The summed E-state index contributed by atoms with van der Waals surface area (Å²) in [5.41, 5.74) is 2.25. The van der Waals surface area contributed by atoms with Gasteiger partial charge in [0.1, 0.15) is 0 Å². The smallest absolute Gasteiger partial charge is 0.225 e. The summed E-state index contributed by atoms with van der Waals surface area (Å²) >= 11 is 3.64. The van der Waals surface area contributed by atoms with E-state index in [0.717, 1.165) is 12.0 Å². The van der Waals surface area contributed by atoms with Crippen molar-refractivity contribution in [2.75, 3.05) is 0 Å². The van der Waals surface area contributed by atoms with Crippen molar-refractivity contribution >= 4 is 26.0 Å². The van der Waals surface area contributed by atoms with Gasteiger partial charge < -0.3 is 0 Å². The summed E-state index contributed by atoms with van der Waals surface area (Å²) in [6.07, 6.45) is 0.787. The van der Waals surface area contributed by atoms with Crippen LogP contribution in [-0.4, -0.2) is 8.42 Å². The highest BCUT2D eigenvalue weighted by molar-refractivity contribution is 9.09. The molecule has 2 N–H and O–H groups in total. The van der Waals surface area contributed by atoms with Gasteiger partial charge in [-0.05, 0) is 29.7 Å². The number of rotatable bonds is 4. The lowest BCUT2D eigenvalue weighted by atomic mass is 10.0. The molecule has 0 aliphatic heterocycles. The Morgan fingerprint density at radius 2 is 1.58 bits per heavy atom. The van der Waals surface area contributed by atoms with Crippen LogP contribution in [0.4, 0.5) is 0 Å². The van der Waals surface area contributed by atoms with Crippen molar-refractivity contribution in [2.45, 2.75) is 16.1 Å². The molecule has 0 saturated carbocycles. The van der Waals surface area contributed by atoms with Crippen LogP contribution in [0.1, 0.15) is 16.0 Å². The summed E-state index contributed by atoms with van der Waals surface area (Å²) in [5, 5.41) is 5.06. The lowest BCUT2D eigenvalue weighted by molar-refractivity contribution is 0.598. The van der Waals surface area contributed by atoms with E-state index in [0.29, 0.717) is 0 Å². The van der Waals surface area contributed by atoms with Gasteiger partial charge in [0.25, 0.3) is 0 Å². The first kappa shape index (κ1) is 14.2. The number of primary sulfonamides is 1. The summed E-state index contributed by atoms with van der Waals surface area (Å²) in [4.78, 5) is 0.344. The number of hydrogen-bond donors (Lipinski definition) is 1. The van der Waals surface area contributed by atoms with Crippen LogP contribution in [0, 0.1) is 0 Å². The molecule has 0 spiro atoms. The fourth-order valence-electron chi connectivity index (χ4n) is 1.80. The number of sulfonamides is 1. The standard InChI is InChI=1S/C14H14BrNO2S/c15-14(12-4-2-1-3-5-12)10-11-6-8-13(9-7-11)19(16,17)18/h1-9,14H,10H2,(H2,16,17,18). The molecular weight excluding hydrogens is 326 g/mol. The molecule has 0 radical (unpaired) electrons. The molecule has 2 rings (SSSR count). The monoisotopic (exact) mass is 339 g/mol. The van der Waals surface area contributed by atoms with Gasteiger partial charge in [-0.1, -0.05) is 58.4 Å². The minimum atomic E-state index is -3.61. The lowest BCUT2D eigenvalue weighted by Gasteiger charge is -2.10. The summed E-state index contributed by atoms with van der Waals surface area (Å²) in [5.74, 6) is 0. The highest BCUT2D eigenvalue weighted by Gasteiger charge is 2.10. The Morgan fingerprint density at radius 3 is 2.11 bits per heavy atom. The van der Waals surface area contributed by atoms with Crippen molar-refractivity contribution in [3.8, 4) is 0 Å². The molecular formula is C14H14BrNO2S. The summed E-state index contributed by atoms with van der Waals surface area (Å²) in [6.45, 7) is 0. The molecule has 0 bridgehead atoms. The third-order valence-electron chi connectivity index (χ3n) is 2.83. The third-order valence-corrected chi connectivity index (χ3v) is 4.61. The Labute approximate surface area is 121 Å².